The van der Waals surface area contributed by atoms with Crippen LogP contribution in [0.1, 0.15) is 18.4 Å². The number of hydrogen-bond donors (Lipinski definition) is 0. The van der Waals surface area contributed by atoms with Gasteiger partial charge in [0.25, 0.3) is 0 Å². The van der Waals surface area contributed by atoms with Crippen molar-refractivity contribution in [3.63, 3.8) is 0 Å². The summed E-state index contributed by atoms with van der Waals surface area (Å²) in [5, 5.41) is 0. The van der Waals surface area contributed by atoms with Crippen LogP contribution in [0, 0.1) is 5.82 Å². The minimum Gasteiger partial charge on any atom is -0.494 e. The van der Waals surface area contributed by atoms with E-state index in [2.05, 4.69) is 4.90 Å². The van der Waals surface area contributed by atoms with Crippen LogP contribution in [0.15, 0.2) is 18.2 Å². The van der Waals surface area contributed by atoms with Crippen molar-refractivity contribution in [2.45, 2.75) is 31.1 Å². The van der Waals surface area contributed by atoms with Gasteiger partial charge in [0.1, 0.15) is 5.60 Å². The molecule has 2 atom stereocenters. The van der Waals surface area contributed by atoms with Crippen LogP contribution in [0.25, 0.3) is 0 Å². The first-order valence-electron chi connectivity index (χ1n) is 7.38. The van der Waals surface area contributed by atoms with E-state index in [9.17, 15) is 4.39 Å². The maximum atomic E-state index is 13.5. The topological polar surface area (TPSA) is 30.9 Å². The number of ether oxygens (including phenoxy) is 3. The Morgan fingerprint density at radius 2 is 2.29 bits per heavy atom. The maximum absolute atomic E-state index is 13.5. The predicted molar refractivity (Wildman–Crippen MR) is 76.9 cm³/mol. The molecule has 0 aliphatic carbocycles. The van der Waals surface area contributed by atoms with E-state index in [0.717, 1.165) is 44.6 Å². The van der Waals surface area contributed by atoms with Crippen LogP contribution in [0.5, 0.6) is 5.75 Å². The van der Waals surface area contributed by atoms with Crippen LogP contribution in [0.4, 0.5) is 4.39 Å². The summed E-state index contributed by atoms with van der Waals surface area (Å²) in [6.45, 7) is 3.28. The zero-order chi connectivity index (χ0) is 14.9. The van der Waals surface area contributed by atoms with Crippen molar-refractivity contribution >= 4 is 0 Å². The summed E-state index contributed by atoms with van der Waals surface area (Å²) in [6.07, 6.45) is 2.26. The van der Waals surface area contributed by atoms with Gasteiger partial charge in [0.05, 0.1) is 13.2 Å². The van der Waals surface area contributed by atoms with Gasteiger partial charge >= 0.3 is 0 Å². The molecule has 2 heterocycles. The van der Waals surface area contributed by atoms with Crippen molar-refractivity contribution < 1.29 is 18.6 Å². The zero-order valence-corrected chi connectivity index (χ0v) is 12.6. The molecule has 0 aromatic heterocycles. The lowest BCUT2D eigenvalue weighted by atomic mass is 9.96. The summed E-state index contributed by atoms with van der Waals surface area (Å²) < 4.78 is 30.1. The highest BCUT2D eigenvalue weighted by molar-refractivity contribution is 5.30. The molecule has 21 heavy (non-hydrogen) atoms. The lowest BCUT2D eigenvalue weighted by Crippen LogP contribution is -2.41. The molecule has 116 valence electrons. The Hall–Kier alpha value is -1.17. The highest BCUT2D eigenvalue weighted by Crippen LogP contribution is 2.37. The summed E-state index contributed by atoms with van der Waals surface area (Å²) in [5.74, 6) is -0.0325. The van der Waals surface area contributed by atoms with Gasteiger partial charge in [0.2, 0.25) is 0 Å². The first-order chi connectivity index (χ1) is 10.2. The van der Waals surface area contributed by atoms with Crippen molar-refractivity contribution in [2.24, 2.45) is 0 Å². The molecule has 2 aliphatic heterocycles. The number of hydrogen-bond acceptors (Lipinski definition) is 4. The fraction of sp³-hybridized carbons (Fsp3) is 0.625. The van der Waals surface area contributed by atoms with Crippen molar-refractivity contribution in [1.29, 1.82) is 0 Å². The third kappa shape index (κ3) is 2.78. The number of methoxy groups -OCH3 is 2. The van der Waals surface area contributed by atoms with Gasteiger partial charge in [-0.1, -0.05) is 6.07 Å². The minimum atomic E-state index is -0.326. The van der Waals surface area contributed by atoms with Gasteiger partial charge in [-0.3, -0.25) is 4.90 Å². The van der Waals surface area contributed by atoms with Gasteiger partial charge in [0, 0.05) is 33.4 Å². The monoisotopic (exact) mass is 295 g/mol. The van der Waals surface area contributed by atoms with Crippen molar-refractivity contribution in [2.75, 3.05) is 33.9 Å². The quantitative estimate of drug-likeness (QED) is 0.852. The van der Waals surface area contributed by atoms with E-state index in [-0.39, 0.29) is 17.5 Å². The molecule has 0 bridgehead atoms. The van der Waals surface area contributed by atoms with E-state index >= 15 is 0 Å². The van der Waals surface area contributed by atoms with Gasteiger partial charge in [-0.25, -0.2) is 4.39 Å². The molecule has 4 nitrogen and oxygen atoms in total. The van der Waals surface area contributed by atoms with E-state index in [1.165, 1.54) is 13.2 Å². The molecule has 2 fully saturated rings. The summed E-state index contributed by atoms with van der Waals surface area (Å²) in [7, 11) is 3.24. The van der Waals surface area contributed by atoms with E-state index in [1.807, 2.05) is 0 Å². The number of benzene rings is 1. The highest BCUT2D eigenvalue weighted by atomic mass is 19.1. The number of rotatable bonds is 4. The standard InChI is InChI=1S/C16H22FNO3/c1-19-14-8-12(4-5-13(14)17)9-18-10-15(20-2)16(11-18)6-3-7-21-16/h4-5,8,15H,3,6-7,9-11H2,1-2H3/t15-,16-/m0/s1. The summed E-state index contributed by atoms with van der Waals surface area (Å²) in [5.41, 5.74) is 0.886. The van der Waals surface area contributed by atoms with Crippen molar-refractivity contribution in [1.82, 2.24) is 4.90 Å². The van der Waals surface area contributed by atoms with E-state index < -0.39 is 0 Å². The van der Waals surface area contributed by atoms with E-state index in [1.54, 1.807) is 19.2 Å². The van der Waals surface area contributed by atoms with Crippen LogP contribution < -0.4 is 4.74 Å². The largest absolute Gasteiger partial charge is 0.494 e. The average molecular weight is 295 g/mol. The Bertz CT molecular complexity index is 502. The molecule has 1 aromatic rings. The lowest BCUT2D eigenvalue weighted by Gasteiger charge is -2.28. The van der Waals surface area contributed by atoms with E-state index in [0.29, 0.717) is 5.75 Å². The Morgan fingerprint density at radius 3 is 2.95 bits per heavy atom. The Morgan fingerprint density at radius 1 is 1.43 bits per heavy atom. The molecular formula is C16H22FNO3. The molecule has 0 N–H and O–H groups in total. The number of halogens is 1. The second kappa shape index (κ2) is 5.91. The van der Waals surface area contributed by atoms with Gasteiger partial charge < -0.3 is 14.2 Å². The van der Waals surface area contributed by atoms with Crippen LogP contribution >= 0.6 is 0 Å². The summed E-state index contributed by atoms with van der Waals surface area (Å²) in [4.78, 5) is 2.31. The first kappa shape index (κ1) is 14.8. The van der Waals surface area contributed by atoms with E-state index in [4.69, 9.17) is 14.2 Å². The minimum absolute atomic E-state index is 0.113. The molecule has 0 saturated carbocycles. The fourth-order valence-corrected chi connectivity index (χ4v) is 3.51. The number of nitrogens with zero attached hydrogens (tertiary/aromatic N) is 1. The van der Waals surface area contributed by atoms with Gasteiger partial charge in [-0.15, -0.1) is 0 Å². The number of likely N-dealkylation sites (tertiary alicyclic amines) is 1. The summed E-state index contributed by atoms with van der Waals surface area (Å²) >= 11 is 0. The maximum Gasteiger partial charge on any atom is 0.165 e. The normalized spacial score (nSPS) is 29.4. The molecular weight excluding hydrogens is 273 g/mol. The highest BCUT2D eigenvalue weighted by Gasteiger charge is 2.49. The SMILES string of the molecule is COc1cc(CN2C[C@H](OC)[C@]3(CCCO3)C2)ccc1F. The zero-order valence-electron chi connectivity index (χ0n) is 12.6. The third-order valence-electron chi connectivity index (χ3n) is 4.54. The Balaban J connectivity index is 1.71. The Labute approximate surface area is 124 Å². The smallest absolute Gasteiger partial charge is 0.165 e. The lowest BCUT2D eigenvalue weighted by molar-refractivity contribution is -0.0756. The van der Waals surface area contributed by atoms with Gasteiger partial charge in [-0.2, -0.15) is 0 Å². The summed E-state index contributed by atoms with van der Waals surface area (Å²) in [6, 6.07) is 5.03. The molecule has 1 spiro atoms. The first-order valence-corrected chi connectivity index (χ1v) is 7.38. The molecule has 0 unspecified atom stereocenters. The van der Waals surface area contributed by atoms with Crippen LogP contribution in [-0.4, -0.2) is 50.5 Å². The third-order valence-corrected chi connectivity index (χ3v) is 4.54. The van der Waals surface area contributed by atoms with Gasteiger partial charge in [0.15, 0.2) is 11.6 Å². The average Bonchev–Trinajstić information content (AvgIpc) is 3.09. The molecule has 5 heteroatoms. The van der Waals surface area contributed by atoms with Crippen molar-refractivity contribution in [3.05, 3.63) is 29.6 Å². The predicted octanol–water partition coefficient (Wildman–Crippen LogP) is 2.21. The second-order valence-corrected chi connectivity index (χ2v) is 5.88. The van der Waals surface area contributed by atoms with Crippen LogP contribution in [0.3, 0.4) is 0 Å². The molecule has 2 aliphatic rings. The second-order valence-electron chi connectivity index (χ2n) is 5.88. The molecule has 0 radical (unpaired) electrons. The molecule has 3 rings (SSSR count). The molecule has 0 amide bonds. The Kier molecular flexibility index (Phi) is 4.15. The fourth-order valence-electron chi connectivity index (χ4n) is 3.51. The van der Waals surface area contributed by atoms with Crippen LogP contribution in [-0.2, 0) is 16.0 Å². The van der Waals surface area contributed by atoms with Crippen molar-refractivity contribution in [3.8, 4) is 5.75 Å². The van der Waals surface area contributed by atoms with Gasteiger partial charge in [-0.05, 0) is 30.5 Å². The molecule has 2 saturated heterocycles. The van der Waals surface area contributed by atoms with Crippen LogP contribution in [0.2, 0.25) is 0 Å². The molecule has 1 aromatic carbocycles.